The van der Waals surface area contributed by atoms with E-state index >= 15 is 0 Å². The summed E-state index contributed by atoms with van der Waals surface area (Å²) in [6, 6.07) is 8.47. The molecule has 0 saturated carbocycles. The van der Waals surface area contributed by atoms with Crippen LogP contribution in [-0.2, 0) is 6.42 Å². The lowest BCUT2D eigenvalue weighted by molar-refractivity contribution is 0.627. The van der Waals surface area contributed by atoms with Crippen molar-refractivity contribution in [2.24, 2.45) is 0 Å². The number of aryl methyl sites for hydroxylation is 1. The van der Waals surface area contributed by atoms with Crippen molar-refractivity contribution in [1.82, 2.24) is 10.2 Å². The molecule has 82 valence electrons. The van der Waals surface area contributed by atoms with Gasteiger partial charge in [0.1, 0.15) is 5.82 Å². The average Bonchev–Trinajstić information content (AvgIpc) is 2.27. The lowest BCUT2D eigenvalue weighted by Crippen LogP contribution is -1.96. The van der Waals surface area contributed by atoms with Crippen LogP contribution in [0.4, 0.5) is 4.39 Å². The zero-order valence-electron chi connectivity index (χ0n) is 8.74. The fourth-order valence-corrected chi connectivity index (χ4v) is 1.58. The molecule has 2 nitrogen and oxygen atoms in total. The Balaban J connectivity index is 2.20. The summed E-state index contributed by atoms with van der Waals surface area (Å²) in [6.07, 6.45) is 0.604. The highest BCUT2D eigenvalue weighted by Crippen LogP contribution is 2.17. The Labute approximate surface area is 98.1 Å². The molecule has 0 spiro atoms. The summed E-state index contributed by atoms with van der Waals surface area (Å²) in [6.45, 7) is 1.88. The molecule has 2 aromatic rings. The predicted octanol–water partition coefficient (Wildman–Crippen LogP) is 3.17. The van der Waals surface area contributed by atoms with Crippen LogP contribution in [0.1, 0.15) is 17.0 Å². The molecule has 0 fully saturated rings. The molecule has 0 aliphatic heterocycles. The first-order valence-electron chi connectivity index (χ1n) is 4.88. The Morgan fingerprint density at radius 1 is 1.19 bits per heavy atom. The zero-order chi connectivity index (χ0) is 11.5. The van der Waals surface area contributed by atoms with Gasteiger partial charge in [0, 0.05) is 6.42 Å². The van der Waals surface area contributed by atoms with Crippen molar-refractivity contribution < 1.29 is 4.39 Å². The minimum absolute atomic E-state index is 0.137. The summed E-state index contributed by atoms with van der Waals surface area (Å²) in [5.74, 6) is -0.402. The number of hydrogen-bond acceptors (Lipinski definition) is 2. The van der Waals surface area contributed by atoms with Gasteiger partial charge in [0.25, 0.3) is 0 Å². The van der Waals surface area contributed by atoms with Crippen LogP contribution in [0.2, 0.25) is 5.02 Å². The smallest absolute Gasteiger partial charge is 0.141 e. The number of aromatic nitrogens is 2. The largest absolute Gasteiger partial charge is 0.205 e. The molecule has 0 aliphatic rings. The highest BCUT2D eigenvalue weighted by atomic mass is 35.5. The van der Waals surface area contributed by atoms with Crippen LogP contribution in [0.3, 0.4) is 0 Å². The van der Waals surface area contributed by atoms with Gasteiger partial charge >= 0.3 is 0 Å². The molecular formula is C12H10ClFN2. The number of nitrogens with zero attached hydrogens (tertiary/aromatic N) is 2. The van der Waals surface area contributed by atoms with E-state index in [0.717, 1.165) is 17.0 Å². The maximum absolute atomic E-state index is 12.9. The number of hydrogen-bond donors (Lipinski definition) is 0. The predicted molar refractivity (Wildman–Crippen MR) is 61.0 cm³/mol. The quantitative estimate of drug-likeness (QED) is 0.801. The van der Waals surface area contributed by atoms with Crippen molar-refractivity contribution in [3.63, 3.8) is 0 Å². The molecular weight excluding hydrogens is 227 g/mol. The van der Waals surface area contributed by atoms with E-state index < -0.39 is 5.82 Å². The fraction of sp³-hybridized carbons (Fsp3) is 0.167. The van der Waals surface area contributed by atoms with E-state index in [1.165, 1.54) is 6.07 Å². The van der Waals surface area contributed by atoms with Gasteiger partial charge < -0.3 is 0 Å². The standard InChI is InChI=1S/C12H10ClFN2/c1-8-2-4-10(16-15-8)6-9-3-5-12(14)11(13)7-9/h2-5,7H,6H2,1H3. The number of halogens is 2. The maximum Gasteiger partial charge on any atom is 0.141 e. The highest BCUT2D eigenvalue weighted by molar-refractivity contribution is 6.30. The molecule has 0 saturated heterocycles. The van der Waals surface area contributed by atoms with Crippen molar-refractivity contribution in [2.45, 2.75) is 13.3 Å². The minimum Gasteiger partial charge on any atom is -0.205 e. The summed E-state index contributed by atoms with van der Waals surface area (Å²) in [4.78, 5) is 0. The third-order valence-corrected chi connectivity index (χ3v) is 2.51. The minimum atomic E-state index is -0.402. The zero-order valence-corrected chi connectivity index (χ0v) is 9.50. The summed E-state index contributed by atoms with van der Waals surface area (Å²) < 4.78 is 12.9. The molecule has 16 heavy (non-hydrogen) atoms. The molecule has 0 radical (unpaired) electrons. The van der Waals surface area contributed by atoms with Crippen LogP contribution in [-0.4, -0.2) is 10.2 Å². The molecule has 1 aromatic carbocycles. The second-order valence-electron chi connectivity index (χ2n) is 3.59. The van der Waals surface area contributed by atoms with Gasteiger partial charge in [-0.2, -0.15) is 10.2 Å². The van der Waals surface area contributed by atoms with E-state index in [9.17, 15) is 4.39 Å². The lowest BCUT2D eigenvalue weighted by Gasteiger charge is -2.02. The fourth-order valence-electron chi connectivity index (χ4n) is 1.38. The number of benzene rings is 1. The van der Waals surface area contributed by atoms with E-state index in [-0.39, 0.29) is 5.02 Å². The van der Waals surface area contributed by atoms with Gasteiger partial charge in [-0.15, -0.1) is 0 Å². The molecule has 1 aromatic heterocycles. The van der Waals surface area contributed by atoms with Gasteiger partial charge in [-0.3, -0.25) is 0 Å². The maximum atomic E-state index is 12.9. The van der Waals surface area contributed by atoms with E-state index in [1.54, 1.807) is 12.1 Å². The monoisotopic (exact) mass is 236 g/mol. The third-order valence-electron chi connectivity index (χ3n) is 2.22. The molecule has 0 atom stereocenters. The average molecular weight is 237 g/mol. The highest BCUT2D eigenvalue weighted by Gasteiger charge is 2.03. The normalized spacial score (nSPS) is 10.4. The van der Waals surface area contributed by atoms with E-state index in [1.807, 2.05) is 19.1 Å². The first-order chi connectivity index (χ1) is 7.65. The first-order valence-corrected chi connectivity index (χ1v) is 5.26. The first kappa shape index (κ1) is 11.0. The van der Waals surface area contributed by atoms with E-state index in [0.29, 0.717) is 6.42 Å². The Bertz CT molecular complexity index is 497. The second kappa shape index (κ2) is 4.58. The number of rotatable bonds is 2. The molecule has 0 aliphatic carbocycles. The van der Waals surface area contributed by atoms with Gasteiger partial charge in [0.05, 0.1) is 16.4 Å². The Morgan fingerprint density at radius 2 is 2.00 bits per heavy atom. The van der Waals surface area contributed by atoms with Crippen molar-refractivity contribution in [3.8, 4) is 0 Å². The summed E-state index contributed by atoms with van der Waals surface area (Å²) in [7, 11) is 0. The van der Waals surface area contributed by atoms with Crippen molar-refractivity contribution in [1.29, 1.82) is 0 Å². The Kier molecular flexibility index (Phi) is 3.15. The molecule has 1 heterocycles. The van der Waals surface area contributed by atoms with Crippen LogP contribution >= 0.6 is 11.6 Å². The Hall–Kier alpha value is -1.48. The molecule has 4 heteroatoms. The van der Waals surface area contributed by atoms with Crippen LogP contribution in [0.15, 0.2) is 30.3 Å². The van der Waals surface area contributed by atoms with Crippen LogP contribution in [0.25, 0.3) is 0 Å². The summed E-state index contributed by atoms with van der Waals surface area (Å²) in [5.41, 5.74) is 2.64. The second-order valence-corrected chi connectivity index (χ2v) is 4.00. The molecule has 0 amide bonds. The molecule has 0 N–H and O–H groups in total. The van der Waals surface area contributed by atoms with Crippen molar-refractivity contribution in [3.05, 3.63) is 58.1 Å². The Morgan fingerprint density at radius 3 is 2.62 bits per heavy atom. The van der Waals surface area contributed by atoms with Crippen molar-refractivity contribution >= 4 is 11.6 Å². The van der Waals surface area contributed by atoms with Gasteiger partial charge in [-0.05, 0) is 36.8 Å². The van der Waals surface area contributed by atoms with Gasteiger partial charge in [-0.25, -0.2) is 4.39 Å². The van der Waals surface area contributed by atoms with Crippen LogP contribution < -0.4 is 0 Å². The molecule has 0 bridgehead atoms. The summed E-state index contributed by atoms with van der Waals surface area (Å²) >= 11 is 5.69. The van der Waals surface area contributed by atoms with Gasteiger partial charge in [0.15, 0.2) is 0 Å². The van der Waals surface area contributed by atoms with Gasteiger partial charge in [-0.1, -0.05) is 17.7 Å². The van der Waals surface area contributed by atoms with Crippen LogP contribution in [0, 0.1) is 12.7 Å². The molecule has 0 unspecified atom stereocenters. The lowest BCUT2D eigenvalue weighted by atomic mass is 10.1. The van der Waals surface area contributed by atoms with Gasteiger partial charge in [0.2, 0.25) is 0 Å². The summed E-state index contributed by atoms with van der Waals surface area (Å²) in [5, 5.41) is 8.13. The molecule has 2 rings (SSSR count). The van der Waals surface area contributed by atoms with Crippen molar-refractivity contribution in [2.75, 3.05) is 0 Å². The topological polar surface area (TPSA) is 25.8 Å². The van der Waals surface area contributed by atoms with E-state index in [4.69, 9.17) is 11.6 Å². The van der Waals surface area contributed by atoms with Crippen LogP contribution in [0.5, 0.6) is 0 Å². The third kappa shape index (κ3) is 2.55. The SMILES string of the molecule is Cc1ccc(Cc2ccc(F)c(Cl)c2)nn1. The van der Waals surface area contributed by atoms with E-state index in [2.05, 4.69) is 10.2 Å².